The highest BCUT2D eigenvalue weighted by Crippen LogP contribution is 2.30. The molecule has 2 heteroatoms. The number of rotatable bonds is 1. The molecule has 1 aromatic carbocycles. The predicted octanol–water partition coefficient (Wildman–Crippen LogP) is 2.97. The van der Waals surface area contributed by atoms with Crippen LogP contribution in [0.25, 0.3) is 0 Å². The van der Waals surface area contributed by atoms with Crippen LogP contribution < -0.4 is 5.32 Å². The van der Waals surface area contributed by atoms with E-state index in [-0.39, 0.29) is 0 Å². The first kappa shape index (κ1) is 10.0. The Kier molecular flexibility index (Phi) is 2.80. The summed E-state index contributed by atoms with van der Waals surface area (Å²) < 4.78 is 0. The number of aryl methyl sites for hydroxylation is 1. The van der Waals surface area contributed by atoms with E-state index in [1.54, 1.807) is 0 Å². The van der Waals surface area contributed by atoms with E-state index in [0.717, 1.165) is 24.0 Å². The van der Waals surface area contributed by atoms with Crippen LogP contribution in [0.2, 0.25) is 5.02 Å². The number of hydrogen-bond donors (Lipinski definition) is 1. The van der Waals surface area contributed by atoms with E-state index in [9.17, 15) is 0 Å². The van der Waals surface area contributed by atoms with Gasteiger partial charge < -0.3 is 5.32 Å². The van der Waals surface area contributed by atoms with Gasteiger partial charge in [0.05, 0.1) is 0 Å². The minimum absolute atomic E-state index is 0.660. The third kappa shape index (κ3) is 1.79. The van der Waals surface area contributed by atoms with E-state index in [4.69, 9.17) is 11.6 Å². The zero-order valence-electron chi connectivity index (χ0n) is 8.68. The summed E-state index contributed by atoms with van der Waals surface area (Å²) in [5, 5.41) is 4.27. The summed E-state index contributed by atoms with van der Waals surface area (Å²) in [5.74, 6) is 1.39. The van der Waals surface area contributed by atoms with Crippen LogP contribution in [-0.4, -0.2) is 13.1 Å². The van der Waals surface area contributed by atoms with Gasteiger partial charge in [-0.05, 0) is 42.6 Å². The van der Waals surface area contributed by atoms with E-state index < -0.39 is 0 Å². The van der Waals surface area contributed by atoms with Gasteiger partial charge in [0.15, 0.2) is 0 Å². The quantitative estimate of drug-likeness (QED) is 0.750. The lowest BCUT2D eigenvalue weighted by Crippen LogP contribution is -2.09. The molecule has 1 saturated heterocycles. The van der Waals surface area contributed by atoms with Crippen molar-refractivity contribution in [3.05, 3.63) is 34.3 Å². The lowest BCUT2D eigenvalue weighted by Gasteiger charge is -2.17. The molecular weight excluding hydrogens is 194 g/mol. The second-order valence-corrected chi connectivity index (χ2v) is 4.68. The molecule has 0 spiro atoms. The Morgan fingerprint density at radius 3 is 2.71 bits per heavy atom. The summed E-state index contributed by atoms with van der Waals surface area (Å²) in [7, 11) is 0. The highest BCUT2D eigenvalue weighted by atomic mass is 35.5. The summed E-state index contributed by atoms with van der Waals surface area (Å²) in [6, 6.07) is 6.22. The fourth-order valence-electron chi connectivity index (χ4n) is 2.28. The van der Waals surface area contributed by atoms with E-state index in [2.05, 4.69) is 31.3 Å². The Morgan fingerprint density at radius 2 is 2.14 bits per heavy atom. The van der Waals surface area contributed by atoms with Gasteiger partial charge in [0.2, 0.25) is 0 Å². The SMILES string of the molecule is Cc1cc(Cl)ccc1C1CNCC1C. The van der Waals surface area contributed by atoms with Crippen LogP contribution in [0.15, 0.2) is 18.2 Å². The molecule has 1 heterocycles. The fourth-order valence-corrected chi connectivity index (χ4v) is 2.51. The van der Waals surface area contributed by atoms with Gasteiger partial charge in [-0.1, -0.05) is 24.6 Å². The zero-order valence-corrected chi connectivity index (χ0v) is 9.43. The van der Waals surface area contributed by atoms with Gasteiger partial charge in [0, 0.05) is 17.5 Å². The molecule has 2 atom stereocenters. The third-order valence-corrected chi connectivity index (χ3v) is 3.38. The van der Waals surface area contributed by atoms with Crippen molar-refractivity contribution in [3.63, 3.8) is 0 Å². The largest absolute Gasteiger partial charge is 0.316 e. The first-order valence-electron chi connectivity index (χ1n) is 5.15. The van der Waals surface area contributed by atoms with Crippen LogP contribution in [0.1, 0.15) is 24.0 Å². The maximum absolute atomic E-state index is 5.94. The van der Waals surface area contributed by atoms with Gasteiger partial charge in [-0.15, -0.1) is 0 Å². The Balaban J connectivity index is 2.31. The standard InChI is InChI=1S/C12H16ClN/c1-8-5-10(13)3-4-11(8)12-7-14-6-9(12)2/h3-5,9,12,14H,6-7H2,1-2H3. The van der Waals surface area contributed by atoms with Crippen LogP contribution in [0.3, 0.4) is 0 Å². The maximum atomic E-state index is 5.94. The molecule has 0 saturated carbocycles. The molecule has 14 heavy (non-hydrogen) atoms. The summed E-state index contributed by atoms with van der Waals surface area (Å²) in [5.41, 5.74) is 2.77. The predicted molar refractivity (Wildman–Crippen MR) is 61.0 cm³/mol. The molecule has 1 N–H and O–H groups in total. The molecule has 1 aliphatic heterocycles. The summed E-state index contributed by atoms with van der Waals surface area (Å²) in [4.78, 5) is 0. The summed E-state index contributed by atoms with van der Waals surface area (Å²) >= 11 is 5.94. The number of halogens is 1. The lowest BCUT2D eigenvalue weighted by molar-refractivity contribution is 0.570. The topological polar surface area (TPSA) is 12.0 Å². The molecule has 0 radical (unpaired) electrons. The summed E-state index contributed by atoms with van der Waals surface area (Å²) in [6.07, 6.45) is 0. The lowest BCUT2D eigenvalue weighted by atomic mass is 9.88. The molecule has 1 aliphatic rings. The average molecular weight is 210 g/mol. The number of nitrogens with one attached hydrogen (secondary N) is 1. The van der Waals surface area contributed by atoms with Crippen molar-refractivity contribution in [2.24, 2.45) is 5.92 Å². The van der Waals surface area contributed by atoms with Crippen molar-refractivity contribution in [1.29, 1.82) is 0 Å². The van der Waals surface area contributed by atoms with Gasteiger partial charge in [-0.2, -0.15) is 0 Å². The average Bonchev–Trinajstić information content (AvgIpc) is 2.52. The van der Waals surface area contributed by atoms with Crippen LogP contribution in [0.5, 0.6) is 0 Å². The number of benzene rings is 1. The Morgan fingerprint density at radius 1 is 1.36 bits per heavy atom. The fraction of sp³-hybridized carbons (Fsp3) is 0.500. The van der Waals surface area contributed by atoms with Crippen LogP contribution >= 0.6 is 11.6 Å². The Bertz CT molecular complexity index is 335. The van der Waals surface area contributed by atoms with E-state index >= 15 is 0 Å². The molecule has 1 aromatic rings. The van der Waals surface area contributed by atoms with Gasteiger partial charge in [-0.25, -0.2) is 0 Å². The van der Waals surface area contributed by atoms with Crippen molar-refractivity contribution in [2.45, 2.75) is 19.8 Å². The molecule has 0 aliphatic carbocycles. The molecule has 0 bridgehead atoms. The van der Waals surface area contributed by atoms with E-state index in [1.165, 1.54) is 11.1 Å². The third-order valence-electron chi connectivity index (χ3n) is 3.15. The monoisotopic (exact) mass is 209 g/mol. The first-order chi connectivity index (χ1) is 6.68. The number of hydrogen-bond acceptors (Lipinski definition) is 1. The molecule has 0 aromatic heterocycles. The summed E-state index contributed by atoms with van der Waals surface area (Å²) in [6.45, 7) is 6.68. The smallest absolute Gasteiger partial charge is 0.0408 e. The Hall–Kier alpha value is -0.530. The molecule has 1 fully saturated rings. The van der Waals surface area contributed by atoms with Gasteiger partial charge in [-0.3, -0.25) is 0 Å². The van der Waals surface area contributed by atoms with Crippen LogP contribution in [0, 0.1) is 12.8 Å². The highest BCUT2D eigenvalue weighted by Gasteiger charge is 2.25. The molecule has 2 unspecified atom stereocenters. The highest BCUT2D eigenvalue weighted by molar-refractivity contribution is 6.30. The van der Waals surface area contributed by atoms with Crippen molar-refractivity contribution < 1.29 is 0 Å². The van der Waals surface area contributed by atoms with Gasteiger partial charge >= 0.3 is 0 Å². The maximum Gasteiger partial charge on any atom is 0.0408 e. The van der Waals surface area contributed by atoms with Crippen molar-refractivity contribution >= 4 is 11.6 Å². The molecule has 0 amide bonds. The minimum Gasteiger partial charge on any atom is -0.316 e. The van der Waals surface area contributed by atoms with Gasteiger partial charge in [0.25, 0.3) is 0 Å². The second-order valence-electron chi connectivity index (χ2n) is 4.24. The van der Waals surface area contributed by atoms with Crippen molar-refractivity contribution in [2.75, 3.05) is 13.1 Å². The zero-order chi connectivity index (χ0) is 10.1. The normalized spacial score (nSPS) is 26.8. The van der Waals surface area contributed by atoms with E-state index in [1.807, 2.05) is 6.07 Å². The van der Waals surface area contributed by atoms with Crippen molar-refractivity contribution in [1.82, 2.24) is 5.32 Å². The molecule has 1 nitrogen and oxygen atoms in total. The molecule has 2 rings (SSSR count). The Labute approximate surface area is 90.5 Å². The van der Waals surface area contributed by atoms with Gasteiger partial charge in [0.1, 0.15) is 0 Å². The van der Waals surface area contributed by atoms with Crippen LogP contribution in [0.4, 0.5) is 0 Å². The minimum atomic E-state index is 0.660. The first-order valence-corrected chi connectivity index (χ1v) is 5.53. The van der Waals surface area contributed by atoms with E-state index in [0.29, 0.717) is 5.92 Å². The molecular formula is C12H16ClN. The van der Waals surface area contributed by atoms with Crippen LogP contribution in [-0.2, 0) is 0 Å². The van der Waals surface area contributed by atoms with Crippen molar-refractivity contribution in [3.8, 4) is 0 Å². The molecule has 76 valence electrons. The second kappa shape index (κ2) is 3.92.